The van der Waals surface area contributed by atoms with E-state index in [0.29, 0.717) is 11.8 Å². The van der Waals surface area contributed by atoms with Crippen LogP contribution >= 0.6 is 0 Å². The van der Waals surface area contributed by atoms with Crippen LogP contribution in [0.1, 0.15) is 25.7 Å². The van der Waals surface area contributed by atoms with Crippen molar-refractivity contribution >= 4 is 15.7 Å². The molecule has 1 aliphatic carbocycles. The van der Waals surface area contributed by atoms with E-state index in [-0.39, 0.29) is 11.0 Å². The predicted molar refractivity (Wildman–Crippen MR) is 86.5 cm³/mol. The first-order chi connectivity index (χ1) is 11.9. The Labute approximate surface area is 143 Å². The Hall–Kier alpha value is -2.22. The molecule has 2 aromatic carbocycles. The maximum absolute atomic E-state index is 13.6. The molecule has 3 rings (SSSR count). The topological polar surface area (TPSA) is 55.4 Å². The van der Waals surface area contributed by atoms with Gasteiger partial charge in [0.2, 0.25) is 0 Å². The van der Waals surface area contributed by atoms with E-state index in [4.69, 9.17) is 4.74 Å². The lowest BCUT2D eigenvalue weighted by atomic mass is 10.3. The van der Waals surface area contributed by atoms with Gasteiger partial charge in [0, 0.05) is 0 Å². The molecular weight excluding hydrogens is 355 g/mol. The minimum Gasteiger partial charge on any atom is -0.490 e. The van der Waals surface area contributed by atoms with Gasteiger partial charge in [0.15, 0.2) is 17.5 Å². The van der Waals surface area contributed by atoms with Gasteiger partial charge in [-0.05, 0) is 62.1 Å². The number of halogens is 3. The van der Waals surface area contributed by atoms with Crippen molar-refractivity contribution in [3.05, 3.63) is 53.8 Å². The first-order valence-corrected chi connectivity index (χ1v) is 9.28. The van der Waals surface area contributed by atoms with Gasteiger partial charge < -0.3 is 4.74 Å². The van der Waals surface area contributed by atoms with E-state index < -0.39 is 33.2 Å². The monoisotopic (exact) mass is 371 g/mol. The number of hydrogen-bond acceptors (Lipinski definition) is 3. The molecule has 1 N–H and O–H groups in total. The molecule has 1 aliphatic rings. The minimum atomic E-state index is -4.14. The largest absolute Gasteiger partial charge is 0.490 e. The number of benzene rings is 2. The van der Waals surface area contributed by atoms with E-state index in [0.717, 1.165) is 31.7 Å². The molecule has 0 saturated heterocycles. The van der Waals surface area contributed by atoms with Crippen molar-refractivity contribution in [1.29, 1.82) is 0 Å². The lowest BCUT2D eigenvalue weighted by molar-refractivity contribution is 0.210. The maximum atomic E-state index is 13.6. The third kappa shape index (κ3) is 3.89. The van der Waals surface area contributed by atoms with Crippen molar-refractivity contribution in [2.24, 2.45) is 0 Å². The summed E-state index contributed by atoms with van der Waals surface area (Å²) in [5, 5.41) is 0. The molecule has 134 valence electrons. The smallest absolute Gasteiger partial charge is 0.261 e. The normalized spacial score (nSPS) is 15.3. The zero-order valence-electron chi connectivity index (χ0n) is 13.1. The Morgan fingerprint density at radius 2 is 1.56 bits per heavy atom. The summed E-state index contributed by atoms with van der Waals surface area (Å²) in [7, 11) is -4.14. The average molecular weight is 371 g/mol. The lowest BCUT2D eigenvalue weighted by Crippen LogP contribution is -2.15. The highest BCUT2D eigenvalue weighted by atomic mass is 32.2. The standard InChI is InChI=1S/C17H16F3NO3S/c18-14-9-10-15(17(20)16(14)19)21-25(22,23)13-7-5-12(6-8-13)24-11-3-1-2-4-11/h5-11,21H,1-4H2. The Morgan fingerprint density at radius 1 is 0.920 bits per heavy atom. The molecule has 0 aliphatic heterocycles. The van der Waals surface area contributed by atoms with Crippen LogP contribution in [0.4, 0.5) is 18.9 Å². The highest BCUT2D eigenvalue weighted by Gasteiger charge is 2.21. The first-order valence-electron chi connectivity index (χ1n) is 7.80. The zero-order valence-corrected chi connectivity index (χ0v) is 14.0. The fourth-order valence-corrected chi connectivity index (χ4v) is 3.76. The molecule has 0 heterocycles. The van der Waals surface area contributed by atoms with Crippen LogP contribution in [-0.2, 0) is 10.0 Å². The highest BCUT2D eigenvalue weighted by Crippen LogP contribution is 2.26. The summed E-state index contributed by atoms with van der Waals surface area (Å²) in [6.07, 6.45) is 4.30. The van der Waals surface area contributed by atoms with E-state index in [1.54, 1.807) is 0 Å². The molecule has 0 unspecified atom stereocenters. The van der Waals surface area contributed by atoms with Gasteiger partial charge in [-0.2, -0.15) is 0 Å². The summed E-state index contributed by atoms with van der Waals surface area (Å²) in [6.45, 7) is 0. The van der Waals surface area contributed by atoms with Crippen LogP contribution in [0.25, 0.3) is 0 Å². The van der Waals surface area contributed by atoms with Gasteiger partial charge in [0.05, 0.1) is 16.7 Å². The van der Waals surface area contributed by atoms with Gasteiger partial charge in [-0.1, -0.05) is 0 Å². The molecule has 8 heteroatoms. The Morgan fingerprint density at radius 3 is 2.20 bits per heavy atom. The van der Waals surface area contributed by atoms with Gasteiger partial charge >= 0.3 is 0 Å². The van der Waals surface area contributed by atoms with Crippen molar-refractivity contribution in [3.63, 3.8) is 0 Å². The van der Waals surface area contributed by atoms with Crippen molar-refractivity contribution in [2.45, 2.75) is 36.7 Å². The Balaban J connectivity index is 1.77. The van der Waals surface area contributed by atoms with Crippen molar-refractivity contribution in [1.82, 2.24) is 0 Å². The molecule has 0 atom stereocenters. The van der Waals surface area contributed by atoms with E-state index in [2.05, 4.69) is 0 Å². The second-order valence-corrected chi connectivity index (χ2v) is 7.51. The maximum Gasteiger partial charge on any atom is 0.261 e. The van der Waals surface area contributed by atoms with Gasteiger partial charge in [-0.15, -0.1) is 0 Å². The van der Waals surface area contributed by atoms with Gasteiger partial charge in [-0.3, -0.25) is 4.72 Å². The molecule has 0 bridgehead atoms. The predicted octanol–water partition coefficient (Wildman–Crippen LogP) is 4.23. The first kappa shape index (κ1) is 17.6. The summed E-state index contributed by atoms with van der Waals surface area (Å²) < 4.78 is 72.0. The molecule has 25 heavy (non-hydrogen) atoms. The average Bonchev–Trinajstić information content (AvgIpc) is 3.09. The zero-order chi connectivity index (χ0) is 18.0. The summed E-state index contributed by atoms with van der Waals surface area (Å²) >= 11 is 0. The molecule has 2 aromatic rings. The molecule has 0 radical (unpaired) electrons. The Kier molecular flexibility index (Phi) is 4.89. The van der Waals surface area contributed by atoms with Crippen LogP contribution in [0.5, 0.6) is 5.75 Å². The van der Waals surface area contributed by atoms with E-state index in [1.165, 1.54) is 24.3 Å². The van der Waals surface area contributed by atoms with Crippen LogP contribution in [0.2, 0.25) is 0 Å². The Bertz CT molecular complexity index is 863. The second-order valence-electron chi connectivity index (χ2n) is 5.82. The molecule has 1 saturated carbocycles. The fourth-order valence-electron chi connectivity index (χ4n) is 2.70. The van der Waals surface area contributed by atoms with Crippen molar-refractivity contribution in [2.75, 3.05) is 4.72 Å². The SMILES string of the molecule is O=S(=O)(Nc1ccc(F)c(F)c1F)c1ccc(OC2CCCC2)cc1. The van der Waals surface area contributed by atoms with Gasteiger partial charge in [-0.25, -0.2) is 21.6 Å². The van der Waals surface area contributed by atoms with Crippen LogP contribution in [-0.4, -0.2) is 14.5 Å². The van der Waals surface area contributed by atoms with Gasteiger partial charge in [0.25, 0.3) is 10.0 Å². The summed E-state index contributed by atoms with van der Waals surface area (Å²) in [5.74, 6) is -4.18. The van der Waals surface area contributed by atoms with Crippen LogP contribution in [0, 0.1) is 17.5 Å². The third-order valence-electron chi connectivity index (χ3n) is 4.02. The quantitative estimate of drug-likeness (QED) is 0.801. The van der Waals surface area contributed by atoms with E-state index in [1.807, 2.05) is 4.72 Å². The fraction of sp³-hybridized carbons (Fsp3) is 0.294. The molecular formula is C17H16F3NO3S. The van der Waals surface area contributed by atoms with Crippen LogP contribution in [0.3, 0.4) is 0 Å². The lowest BCUT2D eigenvalue weighted by Gasteiger charge is -2.14. The number of anilines is 1. The summed E-state index contributed by atoms with van der Waals surface area (Å²) in [5.41, 5.74) is -0.662. The van der Waals surface area contributed by atoms with Crippen LogP contribution in [0.15, 0.2) is 41.3 Å². The number of sulfonamides is 1. The second kappa shape index (κ2) is 6.95. The molecule has 0 aromatic heterocycles. The molecule has 0 spiro atoms. The summed E-state index contributed by atoms with van der Waals surface area (Å²) in [4.78, 5) is -0.143. The van der Waals surface area contributed by atoms with Gasteiger partial charge in [0.1, 0.15) is 5.75 Å². The molecule has 4 nitrogen and oxygen atoms in total. The third-order valence-corrected chi connectivity index (χ3v) is 5.40. The number of ether oxygens (including phenoxy) is 1. The number of hydrogen-bond donors (Lipinski definition) is 1. The van der Waals surface area contributed by atoms with Crippen LogP contribution < -0.4 is 9.46 Å². The van der Waals surface area contributed by atoms with E-state index in [9.17, 15) is 21.6 Å². The number of nitrogens with one attached hydrogen (secondary N) is 1. The van der Waals surface area contributed by atoms with Crippen molar-refractivity contribution < 1.29 is 26.3 Å². The number of rotatable bonds is 5. The van der Waals surface area contributed by atoms with Crippen molar-refractivity contribution in [3.8, 4) is 5.75 Å². The molecule has 0 amide bonds. The molecule has 1 fully saturated rings. The highest BCUT2D eigenvalue weighted by molar-refractivity contribution is 7.92. The van der Waals surface area contributed by atoms with E-state index >= 15 is 0 Å². The minimum absolute atomic E-state index is 0.136. The summed E-state index contributed by atoms with van der Waals surface area (Å²) in [6, 6.07) is 7.11.